The summed E-state index contributed by atoms with van der Waals surface area (Å²) in [5.74, 6) is 4.63. The molecule has 0 N–H and O–H groups in total. The van der Waals surface area contributed by atoms with Crippen molar-refractivity contribution in [2.24, 2.45) is 0 Å². The van der Waals surface area contributed by atoms with Gasteiger partial charge < -0.3 is 65.6 Å². The maximum atomic E-state index is 6.26. The second-order valence-electron chi connectivity index (χ2n) is 11.2. The molecule has 0 saturated carbocycles. The van der Waals surface area contributed by atoms with Crippen molar-refractivity contribution in [1.29, 1.82) is 0 Å². The van der Waals surface area contributed by atoms with Gasteiger partial charge in [-0.05, 0) is 89.4 Å². The summed E-state index contributed by atoms with van der Waals surface area (Å²) >= 11 is 0. The van der Waals surface area contributed by atoms with Gasteiger partial charge in [0, 0.05) is 0 Å². The Morgan fingerprint density at radius 2 is 0.723 bits per heavy atom. The van der Waals surface area contributed by atoms with E-state index in [2.05, 4.69) is 64.1 Å². The largest absolute Gasteiger partial charge is 4.00 e. The normalized spacial score (nSPS) is 10.4. The van der Waals surface area contributed by atoms with Gasteiger partial charge in [0.25, 0.3) is 0 Å². The number of rotatable bonds is 10. The molecule has 4 aromatic rings. The average molecular weight is 756 g/mol. The fraction of sp³-hybridized carbons (Fsp3) is 0.361. The molecule has 0 spiro atoms. The number of halogens is 3. The molecule has 0 bridgehead atoms. The van der Waals surface area contributed by atoms with Gasteiger partial charge in [0.2, 0.25) is 0 Å². The van der Waals surface area contributed by atoms with E-state index in [1.807, 2.05) is 20.8 Å². The number of benzene rings is 3. The molecule has 0 amide bonds. The number of hydrogen-bond donors (Lipinski definition) is 0. The number of aryl methyl sites for hydroxylation is 3. The van der Waals surface area contributed by atoms with Crippen molar-refractivity contribution in [1.82, 2.24) is 0 Å². The summed E-state index contributed by atoms with van der Waals surface area (Å²) < 4.78 is 36.7. The van der Waals surface area contributed by atoms with Crippen LogP contribution in [0.1, 0.15) is 38.9 Å². The van der Waals surface area contributed by atoms with Crippen molar-refractivity contribution in [3.63, 3.8) is 0 Å². The van der Waals surface area contributed by atoms with Crippen LogP contribution in [0, 0.1) is 48.5 Å². The molecular weight excluding hydrogens is 711 g/mol. The van der Waals surface area contributed by atoms with Crippen LogP contribution in [0.2, 0.25) is 0 Å². The summed E-state index contributed by atoms with van der Waals surface area (Å²) in [7, 11) is 6.88. The molecule has 0 saturated heterocycles. The van der Waals surface area contributed by atoms with Crippen molar-refractivity contribution < 1.29 is 87.4 Å². The molecule has 0 radical (unpaired) electrons. The summed E-state index contributed by atoms with van der Waals surface area (Å²) in [5, 5.41) is 4.30. The molecule has 0 fully saturated rings. The van der Waals surface area contributed by atoms with Crippen LogP contribution >= 0.6 is 0 Å². The smallest absolute Gasteiger partial charge is 1.00 e. The Labute approximate surface area is 315 Å². The maximum Gasteiger partial charge on any atom is 4.00 e. The van der Waals surface area contributed by atoms with Gasteiger partial charge in [-0.2, -0.15) is 27.4 Å². The van der Waals surface area contributed by atoms with Gasteiger partial charge in [-0.3, -0.25) is 0 Å². The van der Waals surface area contributed by atoms with Gasteiger partial charge in [0.05, 0.1) is 42.7 Å². The Morgan fingerprint density at radius 3 is 0.936 bits per heavy atom. The molecule has 0 unspecified atom stereocenters. The first-order chi connectivity index (χ1) is 20.5. The number of methoxy groups -OCH3 is 6. The molecule has 11 heteroatoms. The topological polar surface area (TPSA) is 55.4 Å². The molecule has 0 aromatic heterocycles. The standard InChI is InChI=1S/C36H45O6Si.3ClH.Ti/c1-20-14-30(40-11)33(17-27(20)37-8)43(36-25(6)23(4)24(5)26(36)7,34-18-28(38-9)21(2)15-31(34)41-12)35-19-29(39-10)22(3)16-32(35)42-13;;;;/h14-19H,1-13H3;3*1H;/q-1;;;;+4/p-3. The van der Waals surface area contributed by atoms with Crippen molar-refractivity contribution in [3.05, 3.63) is 75.3 Å². The van der Waals surface area contributed by atoms with E-state index in [1.54, 1.807) is 42.7 Å². The van der Waals surface area contributed by atoms with Crippen LogP contribution < -0.4 is 86.4 Å². The molecule has 0 atom stereocenters. The zero-order chi connectivity index (χ0) is 31.8. The number of hydrogen-bond acceptors (Lipinski definition) is 6. The molecule has 4 aromatic carbocycles. The molecule has 4 rings (SSSR count). The van der Waals surface area contributed by atoms with Crippen LogP contribution in [0.25, 0.3) is 0 Å². The first kappa shape index (κ1) is 44.6. The second-order valence-corrected chi connectivity index (χ2v) is 14.8. The monoisotopic (exact) mass is 754 g/mol. The van der Waals surface area contributed by atoms with Gasteiger partial charge in [0.15, 0.2) is 8.07 Å². The summed E-state index contributed by atoms with van der Waals surface area (Å²) in [6.45, 7) is 15.0. The molecule has 254 valence electrons. The van der Waals surface area contributed by atoms with Crippen LogP contribution in [0.4, 0.5) is 0 Å². The van der Waals surface area contributed by atoms with Crippen molar-refractivity contribution in [3.8, 4) is 34.5 Å². The predicted molar refractivity (Wildman–Crippen MR) is 178 cm³/mol. The Hall–Kier alpha value is -2.39. The average Bonchev–Trinajstić information content (AvgIpc) is 3.20. The second kappa shape index (κ2) is 17.8. The van der Waals surface area contributed by atoms with Crippen LogP contribution in [0.15, 0.2) is 36.4 Å². The van der Waals surface area contributed by atoms with E-state index in [9.17, 15) is 0 Å². The van der Waals surface area contributed by atoms with Crippen LogP contribution in [-0.4, -0.2) is 50.7 Å². The zero-order valence-corrected chi connectivity index (χ0v) is 34.4. The summed E-state index contributed by atoms with van der Waals surface area (Å²) in [6.07, 6.45) is 0. The first-order valence-electron chi connectivity index (χ1n) is 14.4. The molecule has 0 aliphatic rings. The number of ether oxygens (including phenoxy) is 6. The minimum absolute atomic E-state index is 0. The van der Waals surface area contributed by atoms with Crippen LogP contribution in [0.5, 0.6) is 34.5 Å². The van der Waals surface area contributed by atoms with Crippen molar-refractivity contribution >= 4 is 28.8 Å². The minimum atomic E-state index is -3.42. The van der Waals surface area contributed by atoms with Gasteiger partial charge in [-0.25, -0.2) is 0 Å². The molecule has 47 heavy (non-hydrogen) atoms. The maximum absolute atomic E-state index is 6.26. The summed E-state index contributed by atoms with van der Waals surface area (Å²) in [6, 6.07) is 12.6. The van der Waals surface area contributed by atoms with E-state index in [1.165, 1.54) is 27.4 Å². The van der Waals surface area contributed by atoms with E-state index in [-0.39, 0.29) is 58.9 Å². The fourth-order valence-electron chi connectivity index (χ4n) is 6.65. The van der Waals surface area contributed by atoms with Gasteiger partial charge in [0.1, 0.15) is 34.5 Å². The zero-order valence-electron chi connectivity index (χ0n) is 29.5. The minimum Gasteiger partial charge on any atom is -1.00 e. The molecule has 0 heterocycles. The first-order valence-corrected chi connectivity index (χ1v) is 16.4. The third-order valence-corrected chi connectivity index (χ3v) is 14.3. The third kappa shape index (κ3) is 7.31. The Morgan fingerprint density at radius 1 is 0.447 bits per heavy atom. The predicted octanol–water partition coefficient (Wildman–Crippen LogP) is -4.00. The summed E-state index contributed by atoms with van der Waals surface area (Å²) in [5.41, 5.74) is 7.93. The van der Waals surface area contributed by atoms with Crippen LogP contribution in [-0.2, 0) is 21.7 Å². The van der Waals surface area contributed by atoms with Crippen molar-refractivity contribution in [2.45, 2.75) is 48.5 Å². The molecule has 6 nitrogen and oxygen atoms in total. The Balaban J connectivity index is 0.00000529. The molecular formula is C36H45Cl3O6SiTi. The molecule has 0 aliphatic carbocycles. The van der Waals surface area contributed by atoms with Gasteiger partial charge >= 0.3 is 21.7 Å². The van der Waals surface area contributed by atoms with Gasteiger partial charge in [-0.1, -0.05) is 27.7 Å². The van der Waals surface area contributed by atoms with E-state index in [0.29, 0.717) is 0 Å². The SMILES string of the molecule is COc1cc([Si](c2cc(OC)c(C)cc2OC)(c2cc(OC)c(C)cc2OC)c2c(C)c(C)c(C)[c-]2C)c(OC)cc1C.[Cl-].[Cl-].[Cl-].[Ti+4]. The summed E-state index contributed by atoms with van der Waals surface area (Å²) in [4.78, 5) is 0. The molecule has 0 aliphatic heterocycles. The van der Waals surface area contributed by atoms with Gasteiger partial charge in [-0.15, -0.1) is 0 Å². The quantitative estimate of drug-likeness (QED) is 0.0937. The van der Waals surface area contributed by atoms with E-state index >= 15 is 0 Å². The van der Waals surface area contributed by atoms with E-state index in [0.717, 1.165) is 66.7 Å². The van der Waals surface area contributed by atoms with Crippen LogP contribution in [0.3, 0.4) is 0 Å². The Kier molecular flexibility index (Phi) is 16.9. The van der Waals surface area contributed by atoms with E-state index in [4.69, 9.17) is 28.4 Å². The third-order valence-electron chi connectivity index (χ3n) is 9.18. The Bertz CT molecular complexity index is 1510. The van der Waals surface area contributed by atoms with Crippen molar-refractivity contribution in [2.75, 3.05) is 42.7 Å². The van der Waals surface area contributed by atoms with E-state index < -0.39 is 8.07 Å². The fourth-order valence-corrected chi connectivity index (χ4v) is 12.5.